The number of nitrogens with zero attached hydrogens (tertiary/aromatic N) is 3. The van der Waals surface area contributed by atoms with Gasteiger partial charge in [0.25, 0.3) is 0 Å². The van der Waals surface area contributed by atoms with E-state index in [0.717, 1.165) is 35.4 Å². The first kappa shape index (κ1) is 24.7. The Balaban J connectivity index is 0.000000192. The first-order valence-electron chi connectivity index (χ1n) is 9.87. The Morgan fingerprint density at radius 3 is 1.76 bits per heavy atom. The fourth-order valence-electron chi connectivity index (χ4n) is 3.05. The molecule has 0 unspecified atom stereocenters. The summed E-state index contributed by atoms with van der Waals surface area (Å²) in [6.07, 6.45) is 3.24. The summed E-state index contributed by atoms with van der Waals surface area (Å²) >= 11 is 4.53. The Morgan fingerprint density at radius 1 is 0.735 bits per heavy atom. The van der Waals surface area contributed by atoms with Crippen LogP contribution in [0.5, 0.6) is 0 Å². The van der Waals surface area contributed by atoms with Crippen molar-refractivity contribution in [2.45, 2.75) is 13.8 Å². The number of rotatable bonds is 3. The van der Waals surface area contributed by atoms with Gasteiger partial charge < -0.3 is 5.73 Å². The minimum atomic E-state index is -0.911. The monoisotopic (exact) mass is 482 g/mol. The molecule has 172 valence electrons. The molecular formula is C25H18F4N4S. The van der Waals surface area contributed by atoms with E-state index < -0.39 is 23.3 Å². The Morgan fingerprint density at radius 2 is 1.24 bits per heavy atom. The van der Waals surface area contributed by atoms with Crippen LogP contribution in [-0.4, -0.2) is 15.1 Å². The molecule has 9 heteroatoms. The number of anilines is 1. The minimum Gasteiger partial charge on any atom is -0.383 e. The highest BCUT2D eigenvalue weighted by Gasteiger charge is 2.10. The second-order valence-electron chi connectivity index (χ2n) is 7.29. The summed E-state index contributed by atoms with van der Waals surface area (Å²) < 4.78 is 52.0. The van der Waals surface area contributed by atoms with Crippen molar-refractivity contribution < 1.29 is 17.6 Å². The van der Waals surface area contributed by atoms with E-state index in [1.165, 1.54) is 12.1 Å². The van der Waals surface area contributed by atoms with Crippen LogP contribution in [0, 0.1) is 37.1 Å². The Hall–Kier alpha value is -3.94. The predicted octanol–water partition coefficient (Wildman–Crippen LogP) is 6.99. The van der Waals surface area contributed by atoms with Crippen molar-refractivity contribution in [2.75, 3.05) is 5.73 Å². The number of hydrogen-bond donors (Lipinski definition) is 1. The number of nitrogens with two attached hydrogens (primary N) is 1. The topological polar surface area (TPSA) is 64.2 Å². The maximum atomic E-state index is 13.2. The fourth-order valence-corrected chi connectivity index (χ4v) is 3.13. The molecule has 0 aliphatic heterocycles. The lowest BCUT2D eigenvalue weighted by Crippen LogP contribution is -1.95. The van der Waals surface area contributed by atoms with Gasteiger partial charge >= 0.3 is 0 Å². The lowest BCUT2D eigenvalue weighted by molar-refractivity contribution is 0.509. The van der Waals surface area contributed by atoms with Crippen LogP contribution in [0.3, 0.4) is 0 Å². The second-order valence-corrected chi connectivity index (χ2v) is 7.47. The summed E-state index contributed by atoms with van der Waals surface area (Å²) in [4.78, 5) is 11.9. The summed E-state index contributed by atoms with van der Waals surface area (Å²) in [5.41, 5.74) is 9.70. The van der Waals surface area contributed by atoms with Gasteiger partial charge in [0.2, 0.25) is 0 Å². The van der Waals surface area contributed by atoms with Crippen molar-refractivity contribution in [2.24, 2.45) is 4.99 Å². The van der Waals surface area contributed by atoms with E-state index in [4.69, 9.17) is 5.73 Å². The molecular weight excluding hydrogens is 464 g/mol. The van der Waals surface area contributed by atoms with Gasteiger partial charge in [0.1, 0.15) is 5.82 Å². The van der Waals surface area contributed by atoms with Crippen LogP contribution in [-0.2, 0) is 0 Å². The van der Waals surface area contributed by atoms with Gasteiger partial charge in [-0.05, 0) is 84.7 Å². The molecule has 0 fully saturated rings. The quantitative estimate of drug-likeness (QED) is 0.194. The first-order chi connectivity index (χ1) is 16.2. The lowest BCUT2D eigenvalue weighted by Gasteiger charge is -2.06. The predicted molar refractivity (Wildman–Crippen MR) is 128 cm³/mol. The van der Waals surface area contributed by atoms with Crippen molar-refractivity contribution in [3.63, 3.8) is 0 Å². The molecule has 2 N–H and O–H groups in total. The van der Waals surface area contributed by atoms with Gasteiger partial charge in [0.05, 0.1) is 5.16 Å². The fraction of sp³-hybridized carbons (Fsp3) is 0.0800. The zero-order chi connectivity index (χ0) is 24.8. The van der Waals surface area contributed by atoms with E-state index in [-0.39, 0.29) is 0 Å². The Kier molecular flexibility index (Phi) is 7.83. The highest BCUT2D eigenvalue weighted by atomic mass is 32.1. The molecule has 0 aliphatic rings. The zero-order valence-electron chi connectivity index (χ0n) is 18.1. The maximum absolute atomic E-state index is 13.2. The van der Waals surface area contributed by atoms with Crippen LogP contribution >= 0.6 is 12.2 Å². The number of isothiocyanates is 1. The van der Waals surface area contributed by atoms with Crippen LogP contribution in [0.15, 0.2) is 65.9 Å². The molecule has 0 bridgehead atoms. The van der Waals surface area contributed by atoms with Crippen molar-refractivity contribution in [1.29, 1.82) is 0 Å². The highest BCUT2D eigenvalue weighted by Crippen LogP contribution is 2.30. The van der Waals surface area contributed by atoms with Gasteiger partial charge in [-0.25, -0.2) is 27.5 Å². The van der Waals surface area contributed by atoms with E-state index in [2.05, 4.69) is 32.3 Å². The summed E-state index contributed by atoms with van der Waals surface area (Å²) in [5.74, 6) is -2.93. The third-order valence-corrected chi connectivity index (χ3v) is 4.76. The molecule has 0 spiro atoms. The molecule has 4 rings (SSSR count). The molecule has 0 amide bonds. The first-order valence-corrected chi connectivity index (χ1v) is 10.3. The zero-order valence-corrected chi connectivity index (χ0v) is 18.9. The molecule has 2 aromatic heterocycles. The molecule has 0 aliphatic carbocycles. The number of benzene rings is 2. The van der Waals surface area contributed by atoms with Crippen LogP contribution in [0.4, 0.5) is 29.2 Å². The van der Waals surface area contributed by atoms with Crippen molar-refractivity contribution in [3.05, 3.63) is 95.3 Å². The molecule has 2 aromatic carbocycles. The molecule has 0 saturated carbocycles. The summed E-state index contributed by atoms with van der Waals surface area (Å²) in [5, 5.41) is 2.22. The van der Waals surface area contributed by atoms with Gasteiger partial charge in [0, 0.05) is 23.5 Å². The third kappa shape index (κ3) is 5.89. The molecule has 0 saturated heterocycles. The van der Waals surface area contributed by atoms with E-state index in [1.54, 1.807) is 24.5 Å². The van der Waals surface area contributed by atoms with Crippen molar-refractivity contribution >= 4 is 29.0 Å². The number of aliphatic imine (C=N–C) groups is 1. The number of aryl methyl sites for hydroxylation is 2. The maximum Gasteiger partial charge on any atom is 0.170 e. The van der Waals surface area contributed by atoms with Crippen LogP contribution in [0.1, 0.15) is 11.1 Å². The molecule has 4 nitrogen and oxygen atoms in total. The van der Waals surface area contributed by atoms with Gasteiger partial charge in [0.15, 0.2) is 29.1 Å². The number of nitrogen functional groups attached to an aromatic ring is 1. The Bertz CT molecular complexity index is 1400. The van der Waals surface area contributed by atoms with Gasteiger partial charge in [-0.15, -0.1) is 0 Å². The van der Waals surface area contributed by atoms with E-state index in [0.29, 0.717) is 33.9 Å². The molecule has 34 heavy (non-hydrogen) atoms. The molecule has 2 heterocycles. The van der Waals surface area contributed by atoms with Crippen LogP contribution in [0.25, 0.3) is 22.3 Å². The second kappa shape index (κ2) is 10.8. The lowest BCUT2D eigenvalue weighted by atomic mass is 10.0. The van der Waals surface area contributed by atoms with Crippen LogP contribution < -0.4 is 5.73 Å². The average molecular weight is 483 g/mol. The summed E-state index contributed by atoms with van der Waals surface area (Å²) in [7, 11) is 0. The standard InChI is InChI=1S/C13H8F2N2S.C12H10F2N2/c1-8-4-10(13(16-6-8)17-7-18)9-2-3-11(14)12(15)5-9;1-7-4-9(12(15)16-6-7)8-2-3-10(13)11(14)5-8/h2-6H,1H3;2-6H,1H3,(H2,15,16). The number of halogens is 4. The number of hydrogen-bond acceptors (Lipinski definition) is 5. The van der Waals surface area contributed by atoms with Gasteiger partial charge in [-0.3, -0.25) is 0 Å². The average Bonchev–Trinajstić information content (AvgIpc) is 2.81. The normalized spacial score (nSPS) is 10.2. The van der Waals surface area contributed by atoms with E-state index >= 15 is 0 Å². The molecule has 0 atom stereocenters. The van der Waals surface area contributed by atoms with Crippen molar-refractivity contribution in [3.8, 4) is 22.3 Å². The van der Waals surface area contributed by atoms with Gasteiger partial charge in [-0.1, -0.05) is 12.1 Å². The molecule has 0 radical (unpaired) electrons. The minimum absolute atomic E-state index is 0.302. The number of aromatic nitrogens is 2. The van der Waals surface area contributed by atoms with E-state index in [9.17, 15) is 17.6 Å². The summed E-state index contributed by atoms with van der Waals surface area (Å²) in [6.45, 7) is 3.71. The van der Waals surface area contributed by atoms with E-state index in [1.807, 2.05) is 13.8 Å². The smallest absolute Gasteiger partial charge is 0.170 e. The summed E-state index contributed by atoms with van der Waals surface area (Å²) in [6, 6.07) is 10.9. The van der Waals surface area contributed by atoms with Crippen molar-refractivity contribution in [1.82, 2.24) is 9.97 Å². The van der Waals surface area contributed by atoms with Crippen LogP contribution in [0.2, 0.25) is 0 Å². The van der Waals surface area contributed by atoms with Gasteiger partial charge in [-0.2, -0.15) is 4.99 Å². The largest absolute Gasteiger partial charge is 0.383 e. The third-order valence-electron chi connectivity index (χ3n) is 4.67. The number of thiocarbonyl (C=S) groups is 1. The molecule has 4 aromatic rings. The highest BCUT2D eigenvalue weighted by molar-refractivity contribution is 7.78. The Labute approximate surface area is 198 Å². The SMILES string of the molecule is Cc1cnc(N)c(-c2ccc(F)c(F)c2)c1.Cc1cnc(N=C=S)c(-c2ccc(F)c(F)c2)c1. The number of pyridine rings is 2.